The lowest BCUT2D eigenvalue weighted by atomic mass is 10.0. The highest BCUT2D eigenvalue weighted by molar-refractivity contribution is 7.61. The highest BCUT2D eigenvalue weighted by Crippen LogP contribution is 2.40. The Morgan fingerprint density at radius 1 is 1.20 bits per heavy atom. The fourth-order valence-electron chi connectivity index (χ4n) is 1.77. The SMILES string of the molecule is CC(C)Cc1cccc(CP(C)(C)=O)c1. The van der Waals surface area contributed by atoms with E-state index in [1.54, 1.807) is 0 Å². The monoisotopic (exact) mass is 224 g/mol. The molecule has 0 aliphatic heterocycles. The summed E-state index contributed by atoms with van der Waals surface area (Å²) >= 11 is 0. The van der Waals surface area contributed by atoms with Crippen LogP contribution in [0.25, 0.3) is 0 Å². The number of hydrogen-bond acceptors (Lipinski definition) is 1. The molecule has 0 aromatic heterocycles. The molecule has 0 fully saturated rings. The molecule has 0 saturated heterocycles. The predicted octanol–water partition coefficient (Wildman–Crippen LogP) is 4.01. The van der Waals surface area contributed by atoms with Gasteiger partial charge in [0.25, 0.3) is 0 Å². The summed E-state index contributed by atoms with van der Waals surface area (Å²) in [6.45, 7) is 8.14. The van der Waals surface area contributed by atoms with E-state index in [1.807, 2.05) is 13.3 Å². The van der Waals surface area contributed by atoms with Crippen molar-refractivity contribution >= 4 is 7.14 Å². The summed E-state index contributed by atoms with van der Waals surface area (Å²) in [7, 11) is -1.94. The van der Waals surface area contributed by atoms with E-state index in [0.29, 0.717) is 5.92 Å². The minimum absolute atomic E-state index is 0.676. The zero-order valence-electron chi connectivity index (χ0n) is 10.2. The topological polar surface area (TPSA) is 17.1 Å². The lowest BCUT2D eigenvalue weighted by Gasteiger charge is -2.09. The van der Waals surface area contributed by atoms with Crippen LogP contribution in [0.3, 0.4) is 0 Å². The molecule has 1 rings (SSSR count). The molecule has 0 bridgehead atoms. The predicted molar refractivity (Wildman–Crippen MR) is 68.1 cm³/mol. The maximum atomic E-state index is 11.7. The van der Waals surface area contributed by atoms with E-state index in [4.69, 9.17) is 0 Å². The summed E-state index contributed by atoms with van der Waals surface area (Å²) in [6, 6.07) is 8.49. The number of hydrogen-bond donors (Lipinski definition) is 0. The average Bonchev–Trinajstić information content (AvgIpc) is 1.99. The maximum Gasteiger partial charge on any atom is 0.0861 e. The number of rotatable bonds is 4. The van der Waals surface area contributed by atoms with E-state index in [1.165, 1.54) is 11.1 Å². The van der Waals surface area contributed by atoms with Crippen molar-refractivity contribution in [3.8, 4) is 0 Å². The summed E-state index contributed by atoms with van der Waals surface area (Å²) < 4.78 is 11.7. The Bertz CT molecular complexity index is 363. The van der Waals surface area contributed by atoms with Crippen LogP contribution in [0.4, 0.5) is 0 Å². The second kappa shape index (κ2) is 4.99. The summed E-state index contributed by atoms with van der Waals surface area (Å²) in [5, 5.41) is 0. The van der Waals surface area contributed by atoms with Crippen LogP contribution < -0.4 is 0 Å². The fourth-order valence-corrected chi connectivity index (χ4v) is 2.84. The van der Waals surface area contributed by atoms with Gasteiger partial charge in [-0.15, -0.1) is 0 Å². The molecule has 2 heteroatoms. The van der Waals surface area contributed by atoms with Crippen LogP contribution in [0, 0.1) is 5.92 Å². The van der Waals surface area contributed by atoms with Gasteiger partial charge in [0.05, 0.1) is 7.14 Å². The van der Waals surface area contributed by atoms with Crippen LogP contribution in [-0.4, -0.2) is 13.3 Å². The van der Waals surface area contributed by atoms with Crippen LogP contribution in [0.1, 0.15) is 25.0 Å². The van der Waals surface area contributed by atoms with Gasteiger partial charge in [-0.25, -0.2) is 0 Å². The first-order valence-corrected chi connectivity index (χ1v) is 8.27. The minimum Gasteiger partial charge on any atom is -0.324 e. The maximum absolute atomic E-state index is 11.7. The molecule has 0 atom stereocenters. The molecule has 0 aliphatic rings. The standard InChI is InChI=1S/C13H21OP/c1-11(2)8-12-6-5-7-13(9-12)10-15(3,4)14/h5-7,9,11H,8,10H2,1-4H3. The Balaban J connectivity index is 2.79. The van der Waals surface area contributed by atoms with Crippen molar-refractivity contribution in [3.05, 3.63) is 35.4 Å². The third kappa shape index (κ3) is 5.18. The zero-order valence-corrected chi connectivity index (χ0v) is 11.1. The Morgan fingerprint density at radius 2 is 1.80 bits per heavy atom. The molecule has 1 aromatic carbocycles. The smallest absolute Gasteiger partial charge is 0.0861 e. The minimum atomic E-state index is -1.94. The van der Waals surface area contributed by atoms with Gasteiger partial charge in [-0.05, 0) is 36.8 Å². The van der Waals surface area contributed by atoms with Crippen molar-refractivity contribution in [3.63, 3.8) is 0 Å². The summed E-state index contributed by atoms with van der Waals surface area (Å²) in [5.41, 5.74) is 2.57. The van der Waals surface area contributed by atoms with Crippen LogP contribution in [0.2, 0.25) is 0 Å². The molecule has 0 N–H and O–H groups in total. The van der Waals surface area contributed by atoms with Gasteiger partial charge >= 0.3 is 0 Å². The van der Waals surface area contributed by atoms with Crippen molar-refractivity contribution in [2.75, 3.05) is 13.3 Å². The fraction of sp³-hybridized carbons (Fsp3) is 0.538. The van der Waals surface area contributed by atoms with Crippen LogP contribution in [-0.2, 0) is 17.1 Å². The second-order valence-corrected chi connectivity index (χ2v) is 8.61. The quantitative estimate of drug-likeness (QED) is 0.706. The van der Waals surface area contributed by atoms with Gasteiger partial charge in [-0.2, -0.15) is 0 Å². The molecule has 84 valence electrons. The van der Waals surface area contributed by atoms with Gasteiger partial charge in [0.15, 0.2) is 0 Å². The molecule has 0 saturated carbocycles. The van der Waals surface area contributed by atoms with Crippen LogP contribution in [0.5, 0.6) is 0 Å². The summed E-state index contributed by atoms with van der Waals surface area (Å²) in [5.74, 6) is 0.676. The van der Waals surface area contributed by atoms with Gasteiger partial charge in [-0.1, -0.05) is 38.1 Å². The van der Waals surface area contributed by atoms with Crippen molar-refractivity contribution in [2.24, 2.45) is 5.92 Å². The van der Waals surface area contributed by atoms with E-state index >= 15 is 0 Å². The molecule has 0 amide bonds. The highest BCUT2D eigenvalue weighted by Gasteiger charge is 2.08. The summed E-state index contributed by atoms with van der Waals surface area (Å²) in [6.07, 6.45) is 1.82. The lowest BCUT2D eigenvalue weighted by molar-refractivity contribution is 0.582. The van der Waals surface area contributed by atoms with E-state index in [9.17, 15) is 4.57 Å². The largest absolute Gasteiger partial charge is 0.324 e. The molecule has 1 aromatic rings. The third-order valence-corrected chi connectivity index (χ3v) is 3.33. The molecule has 0 spiro atoms. The van der Waals surface area contributed by atoms with E-state index in [2.05, 4.69) is 38.1 Å². The average molecular weight is 224 g/mol. The van der Waals surface area contributed by atoms with Gasteiger partial charge in [0.1, 0.15) is 0 Å². The van der Waals surface area contributed by atoms with E-state index < -0.39 is 7.14 Å². The van der Waals surface area contributed by atoms with E-state index in [-0.39, 0.29) is 0 Å². The molecule has 0 heterocycles. The Hall–Kier alpha value is -0.550. The Morgan fingerprint density at radius 3 is 2.33 bits per heavy atom. The molecule has 15 heavy (non-hydrogen) atoms. The van der Waals surface area contributed by atoms with Crippen LogP contribution in [0.15, 0.2) is 24.3 Å². The van der Waals surface area contributed by atoms with Crippen molar-refractivity contribution in [1.29, 1.82) is 0 Å². The van der Waals surface area contributed by atoms with Gasteiger partial charge in [0.2, 0.25) is 0 Å². The second-order valence-electron chi connectivity index (χ2n) is 5.15. The first-order valence-electron chi connectivity index (χ1n) is 5.48. The van der Waals surface area contributed by atoms with Gasteiger partial charge in [-0.3, -0.25) is 0 Å². The normalized spacial score (nSPS) is 12.1. The number of benzene rings is 1. The zero-order chi connectivity index (χ0) is 11.5. The molecular formula is C13H21OP. The van der Waals surface area contributed by atoms with Gasteiger partial charge in [0, 0.05) is 6.16 Å². The first-order chi connectivity index (χ1) is 6.87. The summed E-state index contributed by atoms with van der Waals surface area (Å²) in [4.78, 5) is 0. The molecule has 0 aliphatic carbocycles. The van der Waals surface area contributed by atoms with Crippen molar-refractivity contribution < 1.29 is 4.57 Å². The molecule has 0 unspecified atom stereocenters. The molecule has 0 radical (unpaired) electrons. The Kier molecular flexibility index (Phi) is 4.16. The first kappa shape index (κ1) is 12.5. The van der Waals surface area contributed by atoms with Crippen LogP contribution >= 0.6 is 7.14 Å². The van der Waals surface area contributed by atoms with Crippen molar-refractivity contribution in [2.45, 2.75) is 26.4 Å². The van der Waals surface area contributed by atoms with E-state index in [0.717, 1.165) is 12.6 Å². The third-order valence-electron chi connectivity index (χ3n) is 2.20. The highest BCUT2D eigenvalue weighted by atomic mass is 31.2. The molecular weight excluding hydrogens is 203 g/mol. The van der Waals surface area contributed by atoms with Crippen molar-refractivity contribution in [1.82, 2.24) is 0 Å². The Labute approximate surface area is 93.3 Å². The van der Waals surface area contributed by atoms with Gasteiger partial charge < -0.3 is 4.57 Å². The molecule has 1 nitrogen and oxygen atoms in total. The lowest BCUT2D eigenvalue weighted by Crippen LogP contribution is -1.95.